The Kier molecular flexibility index (Phi) is 8.17. The Hall–Kier alpha value is -4.59. The Balaban J connectivity index is 1.06. The second kappa shape index (κ2) is 12.2. The highest BCUT2D eigenvalue weighted by Gasteiger charge is 2.25. The fourth-order valence-corrected chi connectivity index (χ4v) is 5.95. The molecule has 4 aromatic rings. The molecule has 3 heterocycles. The zero-order valence-electron chi connectivity index (χ0n) is 26.0. The minimum atomic E-state index is -0.319. The maximum absolute atomic E-state index is 13.2. The van der Waals surface area contributed by atoms with Crippen LogP contribution in [0.15, 0.2) is 72.8 Å². The lowest BCUT2D eigenvalue weighted by atomic mass is 9.89. The predicted molar refractivity (Wildman–Crippen MR) is 174 cm³/mol. The van der Waals surface area contributed by atoms with Crippen LogP contribution in [0.3, 0.4) is 0 Å². The zero-order valence-corrected chi connectivity index (χ0v) is 26.0. The molecule has 1 fully saturated rings. The van der Waals surface area contributed by atoms with Gasteiger partial charge in [0.25, 0.3) is 5.91 Å². The summed E-state index contributed by atoms with van der Waals surface area (Å²) in [6, 6.07) is 23.5. The van der Waals surface area contributed by atoms with Gasteiger partial charge in [0.1, 0.15) is 11.6 Å². The van der Waals surface area contributed by atoms with Crippen molar-refractivity contribution in [2.45, 2.75) is 58.8 Å². The van der Waals surface area contributed by atoms with Gasteiger partial charge in [0.2, 0.25) is 0 Å². The average molecular weight is 592 g/mol. The molecule has 0 saturated carbocycles. The third-order valence-electron chi connectivity index (χ3n) is 8.55. The van der Waals surface area contributed by atoms with Crippen LogP contribution < -0.4 is 15.4 Å². The van der Waals surface area contributed by atoms with Crippen molar-refractivity contribution in [2.24, 2.45) is 5.92 Å². The molecular formula is C36H41N5O3. The molecule has 0 atom stereocenters. The number of nitrogens with zero attached hydrogens (tertiary/aromatic N) is 3. The highest BCUT2D eigenvalue weighted by molar-refractivity contribution is 5.99. The minimum absolute atomic E-state index is 0.105. The molecule has 1 aromatic heterocycles. The molecular weight excluding hydrogens is 550 g/mol. The molecule has 3 aromatic carbocycles. The number of likely N-dealkylation sites (tertiary alicyclic amines) is 1. The smallest absolute Gasteiger partial charge is 0.324 e. The maximum atomic E-state index is 13.2. The van der Waals surface area contributed by atoms with Crippen LogP contribution in [0.25, 0.3) is 5.69 Å². The van der Waals surface area contributed by atoms with Crippen molar-refractivity contribution in [3.05, 3.63) is 101 Å². The predicted octanol–water partition coefficient (Wildman–Crippen LogP) is 7.15. The lowest BCUT2D eigenvalue weighted by Crippen LogP contribution is -2.38. The number of urea groups is 1. The highest BCUT2D eigenvalue weighted by atomic mass is 16.5. The van der Waals surface area contributed by atoms with E-state index in [-0.39, 0.29) is 17.4 Å². The summed E-state index contributed by atoms with van der Waals surface area (Å²) in [6.07, 6.45) is 3.68. The normalized spacial score (nSPS) is 15.0. The van der Waals surface area contributed by atoms with Crippen molar-refractivity contribution in [3.63, 3.8) is 0 Å². The Bertz CT molecular complexity index is 1660. The number of aromatic nitrogens is 2. The van der Waals surface area contributed by atoms with Gasteiger partial charge in [0.05, 0.1) is 18.0 Å². The van der Waals surface area contributed by atoms with Crippen LogP contribution in [0.5, 0.6) is 5.75 Å². The van der Waals surface area contributed by atoms with Crippen molar-refractivity contribution in [1.82, 2.24) is 14.7 Å². The highest BCUT2D eigenvalue weighted by Crippen LogP contribution is 2.29. The van der Waals surface area contributed by atoms with Gasteiger partial charge in [-0.15, -0.1) is 0 Å². The van der Waals surface area contributed by atoms with Crippen LogP contribution in [-0.4, -0.2) is 46.3 Å². The fraction of sp³-hybridized carbons (Fsp3) is 0.361. The minimum Gasteiger partial charge on any atom is -0.493 e. The van der Waals surface area contributed by atoms with Crippen molar-refractivity contribution < 1.29 is 14.3 Å². The van der Waals surface area contributed by atoms with Gasteiger partial charge in [-0.2, -0.15) is 5.10 Å². The first-order valence-corrected chi connectivity index (χ1v) is 15.5. The quantitative estimate of drug-likeness (QED) is 0.249. The largest absolute Gasteiger partial charge is 0.493 e. The van der Waals surface area contributed by atoms with Crippen molar-refractivity contribution in [3.8, 4) is 11.4 Å². The molecule has 228 valence electrons. The molecule has 0 spiro atoms. The molecule has 3 amide bonds. The van der Waals surface area contributed by atoms with Gasteiger partial charge in [-0.05, 0) is 85.7 Å². The van der Waals surface area contributed by atoms with E-state index in [4.69, 9.17) is 9.84 Å². The summed E-state index contributed by atoms with van der Waals surface area (Å²) in [5, 5.41) is 10.8. The molecule has 2 aliphatic heterocycles. The number of hydrogen-bond acceptors (Lipinski definition) is 4. The summed E-state index contributed by atoms with van der Waals surface area (Å²) < 4.78 is 7.37. The van der Waals surface area contributed by atoms with E-state index in [0.29, 0.717) is 18.3 Å². The summed E-state index contributed by atoms with van der Waals surface area (Å²) in [4.78, 5) is 28.3. The number of hydrogen-bond donors (Lipinski definition) is 2. The number of aryl methyl sites for hydroxylation is 1. The molecule has 2 aliphatic rings. The molecule has 8 nitrogen and oxygen atoms in total. The standard InChI is InChI=1S/C36H41N5O3/c1-24-8-11-30(12-9-24)41-33(23-32(39-41)36(2,3)4)38-35(43)37-29-7-5-6-26(21-29)20-25-14-17-40(18-15-25)34(42)28-10-13-31-27(22-28)16-19-44-31/h5-13,21-23,25H,14-20H2,1-4H3,(H2,37,38,43). The summed E-state index contributed by atoms with van der Waals surface area (Å²) >= 11 is 0. The first-order chi connectivity index (χ1) is 21.1. The molecule has 0 aliphatic carbocycles. The molecule has 0 radical (unpaired) electrons. The van der Waals surface area contributed by atoms with Crippen LogP contribution >= 0.6 is 0 Å². The lowest BCUT2D eigenvalue weighted by molar-refractivity contribution is 0.0690. The van der Waals surface area contributed by atoms with E-state index in [9.17, 15) is 9.59 Å². The van der Waals surface area contributed by atoms with E-state index in [1.807, 2.05) is 78.6 Å². The van der Waals surface area contributed by atoms with Gasteiger partial charge in [0.15, 0.2) is 0 Å². The maximum Gasteiger partial charge on any atom is 0.324 e. The Morgan fingerprint density at radius 3 is 2.48 bits per heavy atom. The number of carbonyl (C=O) groups excluding carboxylic acids is 2. The number of anilines is 2. The third kappa shape index (κ3) is 6.64. The fourth-order valence-electron chi connectivity index (χ4n) is 5.95. The number of carbonyl (C=O) groups is 2. The summed E-state index contributed by atoms with van der Waals surface area (Å²) in [5.74, 6) is 2.10. The number of nitrogens with one attached hydrogen (secondary N) is 2. The first-order valence-electron chi connectivity index (χ1n) is 15.5. The van der Waals surface area contributed by atoms with Gasteiger partial charge in [-0.25, -0.2) is 9.48 Å². The molecule has 0 bridgehead atoms. The van der Waals surface area contributed by atoms with Gasteiger partial charge in [-0.3, -0.25) is 10.1 Å². The topological polar surface area (TPSA) is 88.5 Å². The van der Waals surface area contributed by atoms with Crippen LogP contribution in [0, 0.1) is 12.8 Å². The van der Waals surface area contributed by atoms with Crippen molar-refractivity contribution in [1.29, 1.82) is 0 Å². The Labute approximate surface area is 259 Å². The first kappa shape index (κ1) is 29.5. The van der Waals surface area contributed by atoms with Gasteiger partial charge < -0.3 is 15.0 Å². The van der Waals surface area contributed by atoms with E-state index in [2.05, 4.69) is 37.5 Å². The van der Waals surface area contributed by atoms with Crippen LogP contribution in [-0.2, 0) is 18.3 Å². The van der Waals surface area contributed by atoms with Crippen molar-refractivity contribution in [2.75, 3.05) is 30.3 Å². The average Bonchev–Trinajstić information content (AvgIpc) is 3.65. The van der Waals surface area contributed by atoms with Crippen LogP contribution in [0.2, 0.25) is 0 Å². The molecule has 2 N–H and O–H groups in total. The molecule has 44 heavy (non-hydrogen) atoms. The molecule has 6 rings (SSSR count). The van der Waals surface area contributed by atoms with Crippen LogP contribution in [0.4, 0.5) is 16.3 Å². The van der Waals surface area contributed by atoms with Gasteiger partial charge in [0, 0.05) is 42.2 Å². The number of ether oxygens (including phenoxy) is 1. The van der Waals surface area contributed by atoms with E-state index in [1.165, 1.54) is 5.56 Å². The second-order valence-electron chi connectivity index (χ2n) is 13.1. The summed E-state index contributed by atoms with van der Waals surface area (Å²) in [5.41, 5.74) is 6.56. The number of fused-ring (bicyclic) bond motifs is 1. The molecule has 0 unspecified atom stereocenters. The summed E-state index contributed by atoms with van der Waals surface area (Å²) in [7, 11) is 0. The van der Waals surface area contributed by atoms with E-state index < -0.39 is 0 Å². The van der Waals surface area contributed by atoms with E-state index >= 15 is 0 Å². The molecule has 1 saturated heterocycles. The third-order valence-corrected chi connectivity index (χ3v) is 8.55. The van der Waals surface area contributed by atoms with E-state index in [1.54, 1.807) is 4.68 Å². The van der Waals surface area contributed by atoms with Gasteiger partial charge >= 0.3 is 6.03 Å². The number of rotatable bonds is 6. The second-order valence-corrected chi connectivity index (χ2v) is 13.1. The zero-order chi connectivity index (χ0) is 30.8. The Morgan fingerprint density at radius 2 is 1.73 bits per heavy atom. The lowest BCUT2D eigenvalue weighted by Gasteiger charge is -2.32. The Morgan fingerprint density at radius 1 is 0.955 bits per heavy atom. The SMILES string of the molecule is Cc1ccc(-n2nc(C(C)(C)C)cc2NC(=O)Nc2cccc(CC3CCN(C(=O)c4ccc5c(c4)CCO5)CC3)c2)cc1. The number of amides is 3. The van der Waals surface area contributed by atoms with Crippen LogP contribution in [0.1, 0.15) is 66.4 Å². The molecule has 8 heteroatoms. The number of piperidine rings is 1. The number of benzene rings is 3. The van der Waals surface area contributed by atoms with Crippen molar-refractivity contribution >= 4 is 23.4 Å². The van der Waals surface area contributed by atoms with Gasteiger partial charge in [-0.1, -0.05) is 50.6 Å². The monoisotopic (exact) mass is 591 g/mol. The van der Waals surface area contributed by atoms with E-state index in [0.717, 1.165) is 78.3 Å². The summed E-state index contributed by atoms with van der Waals surface area (Å²) in [6.45, 7) is 10.6.